The van der Waals surface area contributed by atoms with Crippen molar-refractivity contribution in [2.24, 2.45) is 0 Å². The summed E-state index contributed by atoms with van der Waals surface area (Å²) >= 11 is 0. The number of amides is 2. The molecule has 0 bridgehead atoms. The Balaban J connectivity index is 1.70. The van der Waals surface area contributed by atoms with E-state index in [4.69, 9.17) is 9.47 Å². The number of hydrogen-bond acceptors (Lipinski definition) is 6. The molecular formula is C27H36N4O5. The predicted molar refractivity (Wildman–Crippen MR) is 134 cm³/mol. The van der Waals surface area contributed by atoms with Gasteiger partial charge in [0.05, 0.1) is 26.3 Å². The molecule has 9 heteroatoms. The summed E-state index contributed by atoms with van der Waals surface area (Å²) < 4.78 is 12.3. The topological polar surface area (TPSA) is 103 Å². The van der Waals surface area contributed by atoms with Crippen molar-refractivity contribution in [2.45, 2.75) is 84.0 Å². The molecule has 1 aliphatic carbocycles. The van der Waals surface area contributed by atoms with Crippen molar-refractivity contribution < 1.29 is 23.9 Å². The van der Waals surface area contributed by atoms with Gasteiger partial charge < -0.3 is 19.7 Å². The molecule has 2 aromatic rings. The summed E-state index contributed by atoms with van der Waals surface area (Å²) in [6.07, 6.45) is 6.38. The maximum Gasteiger partial charge on any atom is 0.358 e. The Morgan fingerprint density at radius 3 is 2.53 bits per heavy atom. The molecular weight excluding hydrogens is 460 g/mol. The molecule has 36 heavy (non-hydrogen) atoms. The molecule has 0 radical (unpaired) electrons. The number of nitrogens with one attached hydrogen (secondary N) is 1. The third-order valence-corrected chi connectivity index (χ3v) is 7.06. The molecule has 1 N–H and O–H groups in total. The Morgan fingerprint density at radius 2 is 1.83 bits per heavy atom. The molecule has 0 spiro atoms. The summed E-state index contributed by atoms with van der Waals surface area (Å²) in [4.78, 5) is 41.6. The molecule has 1 saturated carbocycles. The highest BCUT2D eigenvalue weighted by Crippen LogP contribution is 2.32. The van der Waals surface area contributed by atoms with E-state index in [9.17, 15) is 14.4 Å². The highest BCUT2D eigenvalue weighted by atomic mass is 16.5. The van der Waals surface area contributed by atoms with Crippen molar-refractivity contribution in [3.8, 4) is 5.75 Å². The molecule has 2 amide bonds. The zero-order valence-corrected chi connectivity index (χ0v) is 21.4. The molecule has 1 atom stereocenters. The van der Waals surface area contributed by atoms with Crippen LogP contribution in [0, 0.1) is 0 Å². The Bertz CT molecular complexity index is 1110. The fourth-order valence-electron chi connectivity index (χ4n) is 5.06. The van der Waals surface area contributed by atoms with Gasteiger partial charge in [-0.1, -0.05) is 43.9 Å². The Labute approximate surface area is 212 Å². The van der Waals surface area contributed by atoms with Crippen LogP contribution in [0.25, 0.3) is 0 Å². The Hall–Kier alpha value is -3.36. The van der Waals surface area contributed by atoms with E-state index in [2.05, 4.69) is 10.4 Å². The van der Waals surface area contributed by atoms with Gasteiger partial charge in [-0.05, 0) is 39.7 Å². The minimum Gasteiger partial charge on any atom is -0.494 e. The van der Waals surface area contributed by atoms with Gasteiger partial charge in [0.25, 0.3) is 5.91 Å². The Morgan fingerprint density at radius 1 is 1.11 bits per heavy atom. The summed E-state index contributed by atoms with van der Waals surface area (Å²) in [6, 6.07) is 9.06. The van der Waals surface area contributed by atoms with Gasteiger partial charge in [0.1, 0.15) is 17.0 Å². The monoisotopic (exact) mass is 496 g/mol. The molecule has 2 heterocycles. The molecule has 0 saturated heterocycles. The molecule has 1 aliphatic heterocycles. The summed E-state index contributed by atoms with van der Waals surface area (Å²) in [7, 11) is 0. The molecule has 1 aromatic heterocycles. The first-order valence-electron chi connectivity index (χ1n) is 13.0. The molecule has 1 fully saturated rings. The van der Waals surface area contributed by atoms with Crippen molar-refractivity contribution >= 4 is 17.8 Å². The van der Waals surface area contributed by atoms with Crippen LogP contribution in [0.2, 0.25) is 0 Å². The first-order chi connectivity index (χ1) is 17.4. The molecule has 1 aromatic carbocycles. The van der Waals surface area contributed by atoms with E-state index in [1.165, 1.54) is 23.6 Å². The second-order valence-corrected chi connectivity index (χ2v) is 9.66. The molecule has 4 rings (SSSR count). The number of fused-ring (bicyclic) bond motifs is 1. The maximum absolute atomic E-state index is 13.8. The predicted octanol–water partition coefficient (Wildman–Crippen LogP) is 3.71. The van der Waals surface area contributed by atoms with Gasteiger partial charge in [-0.25, -0.2) is 4.79 Å². The molecule has 9 nitrogen and oxygen atoms in total. The van der Waals surface area contributed by atoms with Crippen molar-refractivity contribution in [3.63, 3.8) is 0 Å². The van der Waals surface area contributed by atoms with Crippen molar-refractivity contribution in [1.29, 1.82) is 0 Å². The second-order valence-electron chi connectivity index (χ2n) is 9.66. The summed E-state index contributed by atoms with van der Waals surface area (Å²) in [5.41, 5.74) is -0.0945. The first-order valence-corrected chi connectivity index (χ1v) is 13.0. The average molecular weight is 497 g/mol. The lowest BCUT2D eigenvalue weighted by Gasteiger charge is -2.44. The first kappa shape index (κ1) is 25.7. The van der Waals surface area contributed by atoms with Crippen LogP contribution in [0.3, 0.4) is 0 Å². The van der Waals surface area contributed by atoms with Crippen molar-refractivity contribution in [2.75, 3.05) is 13.2 Å². The van der Waals surface area contributed by atoms with Gasteiger partial charge in [0, 0.05) is 17.7 Å². The van der Waals surface area contributed by atoms with Crippen LogP contribution in [0.4, 0.5) is 0 Å². The van der Waals surface area contributed by atoms with E-state index in [1.807, 2.05) is 31.2 Å². The summed E-state index contributed by atoms with van der Waals surface area (Å²) in [5, 5.41) is 7.57. The second kappa shape index (κ2) is 11.1. The van der Waals surface area contributed by atoms with E-state index in [0.717, 1.165) is 31.2 Å². The van der Waals surface area contributed by atoms with Crippen LogP contribution in [-0.4, -0.2) is 57.3 Å². The lowest BCUT2D eigenvalue weighted by Crippen LogP contribution is -2.64. The number of benzene rings is 1. The zero-order chi connectivity index (χ0) is 25.7. The van der Waals surface area contributed by atoms with Crippen molar-refractivity contribution in [1.82, 2.24) is 20.0 Å². The normalized spacial score (nSPS) is 20.4. The van der Waals surface area contributed by atoms with Crippen LogP contribution < -0.4 is 10.1 Å². The van der Waals surface area contributed by atoms with Crippen LogP contribution in [0.15, 0.2) is 30.3 Å². The minimum atomic E-state index is -1.21. The summed E-state index contributed by atoms with van der Waals surface area (Å²) in [6.45, 7) is 6.40. The number of esters is 1. The standard InChI is InChI=1S/C27H36N4O5/c1-4-35-23-15-11-10-12-19(23)17-30-24(32)22-16-21(25(33)36-5-2)29-31(22)18-27(30,3)26(34)28-20-13-8-6-7-9-14-20/h10-12,15-16,20H,4-9,13-14,17-18H2,1-3H3,(H,28,34)/t27-/m0/s1. The van der Waals surface area contributed by atoms with Gasteiger partial charge in [0.2, 0.25) is 5.91 Å². The smallest absolute Gasteiger partial charge is 0.358 e. The number of aromatic nitrogens is 2. The highest BCUT2D eigenvalue weighted by molar-refractivity contribution is 6.01. The van der Waals surface area contributed by atoms with Gasteiger partial charge in [-0.3, -0.25) is 14.3 Å². The minimum absolute atomic E-state index is 0.0586. The number of ether oxygens (including phenoxy) is 2. The third kappa shape index (κ3) is 5.24. The number of hydrogen-bond donors (Lipinski definition) is 1. The van der Waals surface area contributed by atoms with E-state index >= 15 is 0 Å². The average Bonchev–Trinajstić information content (AvgIpc) is 3.12. The van der Waals surface area contributed by atoms with Crippen LogP contribution in [0.5, 0.6) is 5.75 Å². The number of carbonyl (C=O) groups is 3. The number of para-hydroxylation sites is 1. The van der Waals surface area contributed by atoms with Crippen LogP contribution in [0.1, 0.15) is 85.8 Å². The van der Waals surface area contributed by atoms with Gasteiger partial charge in [0.15, 0.2) is 5.69 Å². The number of rotatable bonds is 8. The van der Waals surface area contributed by atoms with Gasteiger partial charge >= 0.3 is 5.97 Å². The Kier molecular flexibility index (Phi) is 7.96. The fraction of sp³-hybridized carbons (Fsp3) is 0.556. The molecule has 2 aliphatic rings. The fourth-order valence-corrected chi connectivity index (χ4v) is 5.06. The van der Waals surface area contributed by atoms with Gasteiger partial charge in [-0.15, -0.1) is 0 Å². The quantitative estimate of drug-likeness (QED) is 0.442. The largest absolute Gasteiger partial charge is 0.494 e. The highest BCUT2D eigenvalue weighted by Gasteiger charge is 2.49. The number of carbonyl (C=O) groups excluding carboxylic acids is 3. The van der Waals surface area contributed by atoms with E-state index in [0.29, 0.717) is 12.4 Å². The molecule has 194 valence electrons. The maximum atomic E-state index is 13.8. The van der Waals surface area contributed by atoms with Crippen LogP contribution in [-0.2, 0) is 22.6 Å². The van der Waals surface area contributed by atoms with E-state index in [1.54, 1.807) is 18.7 Å². The van der Waals surface area contributed by atoms with Gasteiger partial charge in [-0.2, -0.15) is 5.10 Å². The number of nitrogens with zero attached hydrogens (tertiary/aromatic N) is 3. The third-order valence-electron chi connectivity index (χ3n) is 7.06. The SMILES string of the molecule is CCOC(=O)c1cc2n(n1)C[C@@](C)(C(=O)NC1CCCCCC1)N(Cc1ccccc1OCC)C2=O. The van der Waals surface area contributed by atoms with Crippen molar-refractivity contribution in [3.05, 3.63) is 47.3 Å². The van der Waals surface area contributed by atoms with E-state index in [-0.39, 0.29) is 48.9 Å². The zero-order valence-electron chi connectivity index (χ0n) is 21.4. The lowest BCUT2D eigenvalue weighted by atomic mass is 9.93. The van der Waals surface area contributed by atoms with E-state index < -0.39 is 11.5 Å². The summed E-state index contributed by atoms with van der Waals surface area (Å²) in [5.74, 6) is -0.500. The van der Waals surface area contributed by atoms with Crippen LogP contribution >= 0.6 is 0 Å². The lowest BCUT2D eigenvalue weighted by molar-refractivity contribution is -0.134. The molecule has 0 unspecified atom stereocenters.